The highest BCUT2D eigenvalue weighted by molar-refractivity contribution is 4.84. The van der Waals surface area contributed by atoms with Gasteiger partial charge in [-0.3, -0.25) is 10.4 Å². The number of epoxide rings is 1. The fourth-order valence-electron chi connectivity index (χ4n) is 3.42. The van der Waals surface area contributed by atoms with E-state index >= 15 is 0 Å². The predicted molar refractivity (Wildman–Crippen MR) is 98.5 cm³/mol. The van der Waals surface area contributed by atoms with E-state index in [-0.39, 0.29) is 6.04 Å². The molecule has 1 saturated heterocycles. The molecular weight excluding hydrogens is 302 g/mol. The Morgan fingerprint density at radius 1 is 0.750 bits per heavy atom. The first-order chi connectivity index (χ1) is 11.6. The topological polar surface area (TPSA) is 56.2 Å². The first kappa shape index (κ1) is 21.9. The van der Waals surface area contributed by atoms with E-state index in [9.17, 15) is 0 Å². The highest BCUT2D eigenvalue weighted by atomic mass is 16.8. The lowest BCUT2D eigenvalue weighted by molar-refractivity contribution is -0.329. The first-order valence-corrected chi connectivity index (χ1v) is 10.5. The monoisotopic (exact) mass is 343 g/mol. The van der Waals surface area contributed by atoms with Crippen LogP contribution in [0.5, 0.6) is 0 Å². The van der Waals surface area contributed by atoms with E-state index in [1.807, 2.05) is 6.92 Å². The second-order valence-corrected chi connectivity index (χ2v) is 7.64. The number of ether oxygens (including phenoxy) is 1. The number of hydroxylamine groups is 2. The minimum Gasteiger partial charge on any atom is -0.370 e. The summed E-state index contributed by atoms with van der Waals surface area (Å²) < 4.78 is 5.79. The molecule has 1 aliphatic rings. The number of rotatable bonds is 17. The van der Waals surface area contributed by atoms with Gasteiger partial charge in [0, 0.05) is 0 Å². The summed E-state index contributed by atoms with van der Waals surface area (Å²) in [5.74, 6) is 0. The van der Waals surface area contributed by atoms with E-state index in [0.717, 1.165) is 12.8 Å². The van der Waals surface area contributed by atoms with Crippen molar-refractivity contribution < 1.29 is 15.2 Å². The van der Waals surface area contributed by atoms with Gasteiger partial charge in [0.1, 0.15) is 0 Å². The minimum absolute atomic E-state index is 0.152. The van der Waals surface area contributed by atoms with E-state index in [1.165, 1.54) is 83.5 Å². The van der Waals surface area contributed by atoms with Crippen molar-refractivity contribution in [1.29, 1.82) is 0 Å². The third-order valence-corrected chi connectivity index (χ3v) is 5.28. The molecule has 24 heavy (non-hydrogen) atoms. The number of nitrogens with zero attached hydrogens (tertiary/aromatic N) is 1. The van der Waals surface area contributed by atoms with E-state index in [1.54, 1.807) is 0 Å². The van der Waals surface area contributed by atoms with Crippen molar-refractivity contribution in [3.63, 3.8) is 0 Å². The molecule has 0 spiro atoms. The molecule has 1 rings (SSSR count). The van der Waals surface area contributed by atoms with Crippen molar-refractivity contribution in [1.82, 2.24) is 5.23 Å². The molecule has 4 nitrogen and oxygen atoms in total. The van der Waals surface area contributed by atoms with Crippen molar-refractivity contribution >= 4 is 0 Å². The van der Waals surface area contributed by atoms with Crippen molar-refractivity contribution in [3.05, 3.63) is 0 Å². The Kier molecular flexibility index (Phi) is 12.8. The Morgan fingerprint density at radius 3 is 1.71 bits per heavy atom. The Morgan fingerprint density at radius 2 is 1.21 bits per heavy atom. The van der Waals surface area contributed by atoms with Crippen LogP contribution in [0.1, 0.15) is 110 Å². The van der Waals surface area contributed by atoms with E-state index in [0.29, 0.717) is 17.4 Å². The number of hydrogen-bond donors (Lipinski definition) is 2. The standard InChI is InChI=1S/C20H41NO3/c1-3-4-5-6-10-13-16-19-20(24-19)17-14-11-8-7-9-12-15-18(2)21(22)23/h18-20,22-23H,3-17H2,1-2H3. The molecule has 0 amide bonds. The van der Waals surface area contributed by atoms with Gasteiger partial charge in [0.25, 0.3) is 0 Å². The normalized spacial score (nSPS) is 21.4. The van der Waals surface area contributed by atoms with Crippen molar-refractivity contribution in [2.75, 3.05) is 0 Å². The summed E-state index contributed by atoms with van der Waals surface area (Å²) in [6.45, 7) is 4.10. The average molecular weight is 344 g/mol. The minimum atomic E-state index is -0.152. The second-order valence-electron chi connectivity index (χ2n) is 7.64. The second kappa shape index (κ2) is 14.1. The molecule has 3 unspecified atom stereocenters. The molecule has 0 radical (unpaired) electrons. The number of hydrogen-bond acceptors (Lipinski definition) is 4. The molecule has 1 fully saturated rings. The quantitative estimate of drug-likeness (QED) is 0.190. The molecule has 2 N–H and O–H groups in total. The number of unbranched alkanes of at least 4 members (excludes halogenated alkanes) is 10. The summed E-state index contributed by atoms with van der Waals surface area (Å²) in [6.07, 6.45) is 20.2. The van der Waals surface area contributed by atoms with Gasteiger partial charge in [-0.1, -0.05) is 89.2 Å². The van der Waals surface area contributed by atoms with Crippen molar-refractivity contribution in [3.8, 4) is 0 Å². The van der Waals surface area contributed by atoms with Crippen LogP contribution in [0.4, 0.5) is 0 Å². The van der Waals surface area contributed by atoms with Crippen LogP contribution in [-0.2, 0) is 4.74 Å². The van der Waals surface area contributed by atoms with E-state index in [4.69, 9.17) is 15.2 Å². The molecule has 144 valence electrons. The lowest BCUT2D eigenvalue weighted by Crippen LogP contribution is -2.25. The largest absolute Gasteiger partial charge is 0.370 e. The van der Waals surface area contributed by atoms with Gasteiger partial charge in [-0.2, -0.15) is 0 Å². The maximum atomic E-state index is 8.85. The van der Waals surface area contributed by atoms with Crippen molar-refractivity contribution in [2.24, 2.45) is 0 Å². The lowest BCUT2D eigenvalue weighted by atomic mass is 10.0. The first-order valence-electron chi connectivity index (χ1n) is 10.5. The average Bonchev–Trinajstić information content (AvgIpc) is 3.31. The van der Waals surface area contributed by atoms with Gasteiger partial charge in [0.15, 0.2) is 0 Å². The molecule has 1 heterocycles. The third-order valence-electron chi connectivity index (χ3n) is 5.28. The fraction of sp³-hybridized carbons (Fsp3) is 1.00. The maximum Gasteiger partial charge on any atom is 0.0841 e. The van der Waals surface area contributed by atoms with Gasteiger partial charge >= 0.3 is 0 Å². The molecule has 3 atom stereocenters. The fourth-order valence-corrected chi connectivity index (χ4v) is 3.42. The Balaban J connectivity index is 1.77. The molecule has 0 bridgehead atoms. The van der Waals surface area contributed by atoms with Gasteiger partial charge in [0.05, 0.1) is 18.2 Å². The van der Waals surface area contributed by atoms with Crippen LogP contribution < -0.4 is 0 Å². The van der Waals surface area contributed by atoms with Crippen LogP contribution in [0, 0.1) is 0 Å². The molecule has 0 saturated carbocycles. The van der Waals surface area contributed by atoms with Crippen LogP contribution in [0.2, 0.25) is 0 Å². The molecule has 0 aromatic heterocycles. The highest BCUT2D eigenvalue weighted by Gasteiger charge is 2.36. The smallest absolute Gasteiger partial charge is 0.0841 e. The zero-order valence-electron chi connectivity index (χ0n) is 16.1. The summed E-state index contributed by atoms with van der Waals surface area (Å²) in [4.78, 5) is 0. The van der Waals surface area contributed by atoms with E-state index < -0.39 is 0 Å². The summed E-state index contributed by atoms with van der Waals surface area (Å²) >= 11 is 0. The molecular formula is C20H41NO3. The van der Waals surface area contributed by atoms with Gasteiger partial charge in [0.2, 0.25) is 0 Å². The van der Waals surface area contributed by atoms with Crippen LogP contribution in [-0.4, -0.2) is 33.9 Å². The Hall–Kier alpha value is -0.160. The van der Waals surface area contributed by atoms with Crippen LogP contribution in [0.3, 0.4) is 0 Å². The molecule has 1 aliphatic heterocycles. The Bertz CT molecular complexity index is 286. The summed E-state index contributed by atoms with van der Waals surface area (Å²) in [6, 6.07) is -0.152. The SMILES string of the molecule is CCCCCCCCC1OC1CCCCCCCCC(C)N(O)O. The van der Waals surface area contributed by atoms with Gasteiger partial charge in [-0.05, 0) is 26.2 Å². The summed E-state index contributed by atoms with van der Waals surface area (Å²) in [5.41, 5.74) is 0. The van der Waals surface area contributed by atoms with Gasteiger partial charge in [-0.25, -0.2) is 0 Å². The zero-order valence-corrected chi connectivity index (χ0v) is 16.1. The van der Waals surface area contributed by atoms with Crippen LogP contribution >= 0.6 is 0 Å². The summed E-state index contributed by atoms with van der Waals surface area (Å²) in [7, 11) is 0. The lowest BCUT2D eigenvalue weighted by Gasteiger charge is -2.14. The molecule has 0 aromatic carbocycles. The zero-order chi connectivity index (χ0) is 17.6. The molecule has 4 heteroatoms. The van der Waals surface area contributed by atoms with Crippen molar-refractivity contribution in [2.45, 2.75) is 128 Å². The Labute approximate surface area is 149 Å². The van der Waals surface area contributed by atoms with Gasteiger partial charge in [-0.15, -0.1) is 0 Å². The van der Waals surface area contributed by atoms with E-state index in [2.05, 4.69) is 6.92 Å². The molecule has 0 aliphatic carbocycles. The third kappa shape index (κ3) is 11.4. The predicted octanol–water partition coefficient (Wildman–Crippen LogP) is 6.09. The highest BCUT2D eigenvalue weighted by Crippen LogP contribution is 2.31. The van der Waals surface area contributed by atoms with Crippen LogP contribution in [0.25, 0.3) is 0 Å². The van der Waals surface area contributed by atoms with Crippen LogP contribution in [0.15, 0.2) is 0 Å². The van der Waals surface area contributed by atoms with Gasteiger partial charge < -0.3 is 4.74 Å². The summed E-state index contributed by atoms with van der Waals surface area (Å²) in [5, 5.41) is 18.0. The molecule has 0 aromatic rings. The maximum absolute atomic E-state index is 8.85.